The van der Waals surface area contributed by atoms with Gasteiger partial charge in [0.25, 0.3) is 0 Å². The van der Waals surface area contributed by atoms with Crippen LogP contribution in [-0.4, -0.2) is 59.0 Å². The first-order chi connectivity index (χ1) is 13.6. The van der Waals surface area contributed by atoms with E-state index in [-0.39, 0.29) is 5.91 Å². The quantitative estimate of drug-likeness (QED) is 0.717. The van der Waals surface area contributed by atoms with Crippen LogP contribution in [0.3, 0.4) is 0 Å². The van der Waals surface area contributed by atoms with Crippen molar-refractivity contribution in [3.63, 3.8) is 0 Å². The van der Waals surface area contributed by atoms with E-state index >= 15 is 0 Å². The second-order valence-corrected chi connectivity index (χ2v) is 7.46. The van der Waals surface area contributed by atoms with Crippen LogP contribution >= 0.6 is 11.6 Å². The maximum Gasteiger partial charge on any atom is 0.227 e. The molecule has 1 aliphatic heterocycles. The zero-order valence-electron chi connectivity index (χ0n) is 15.8. The molecule has 0 spiro atoms. The molecule has 0 saturated carbocycles. The number of ether oxygens (including phenoxy) is 1. The molecule has 1 amide bonds. The SMILES string of the molecule is COc1ccc2nc(CN3CCN(C(=O)Cc4ccc(Cl)cc4)CC3)[nH]c2c1. The molecule has 28 heavy (non-hydrogen) atoms. The molecular formula is C21H23ClN4O2. The molecule has 1 saturated heterocycles. The lowest BCUT2D eigenvalue weighted by Crippen LogP contribution is -2.48. The number of carbonyl (C=O) groups is 1. The van der Waals surface area contributed by atoms with E-state index in [0.717, 1.165) is 60.9 Å². The summed E-state index contributed by atoms with van der Waals surface area (Å²) in [4.78, 5) is 24.8. The summed E-state index contributed by atoms with van der Waals surface area (Å²) in [6.07, 6.45) is 0.419. The van der Waals surface area contributed by atoms with Crippen LogP contribution in [0, 0.1) is 0 Å². The molecule has 6 nitrogen and oxygen atoms in total. The number of methoxy groups -OCH3 is 1. The van der Waals surface area contributed by atoms with Crippen molar-refractivity contribution in [3.05, 3.63) is 58.9 Å². The van der Waals surface area contributed by atoms with Crippen LogP contribution in [-0.2, 0) is 17.8 Å². The molecular weight excluding hydrogens is 376 g/mol. The molecule has 1 N–H and O–H groups in total. The number of aromatic nitrogens is 2. The first-order valence-electron chi connectivity index (χ1n) is 9.38. The molecule has 7 heteroatoms. The number of amides is 1. The lowest BCUT2D eigenvalue weighted by Gasteiger charge is -2.34. The van der Waals surface area contributed by atoms with E-state index < -0.39 is 0 Å². The molecule has 1 aliphatic rings. The van der Waals surface area contributed by atoms with Gasteiger partial charge in [0.2, 0.25) is 5.91 Å². The molecule has 2 aromatic carbocycles. The topological polar surface area (TPSA) is 61.5 Å². The van der Waals surface area contributed by atoms with Gasteiger partial charge in [-0.25, -0.2) is 4.98 Å². The lowest BCUT2D eigenvalue weighted by atomic mass is 10.1. The summed E-state index contributed by atoms with van der Waals surface area (Å²) < 4.78 is 5.26. The zero-order valence-corrected chi connectivity index (χ0v) is 16.6. The standard InChI is InChI=1S/C21H23ClN4O2/c1-28-17-6-7-18-19(13-17)24-20(23-18)14-25-8-10-26(11-9-25)21(27)12-15-2-4-16(22)5-3-15/h2-7,13H,8-12,14H2,1H3,(H,23,24). The number of fused-ring (bicyclic) bond motifs is 1. The highest BCUT2D eigenvalue weighted by Crippen LogP contribution is 2.19. The highest BCUT2D eigenvalue weighted by molar-refractivity contribution is 6.30. The first-order valence-corrected chi connectivity index (χ1v) is 9.76. The summed E-state index contributed by atoms with van der Waals surface area (Å²) in [5, 5.41) is 0.689. The summed E-state index contributed by atoms with van der Waals surface area (Å²) in [5.41, 5.74) is 2.91. The minimum absolute atomic E-state index is 0.165. The molecule has 2 heterocycles. The Hall–Kier alpha value is -2.57. The number of imidazole rings is 1. The molecule has 1 aromatic heterocycles. The Labute approximate surface area is 169 Å². The predicted octanol–water partition coefficient (Wildman–Crippen LogP) is 3.11. The summed E-state index contributed by atoms with van der Waals surface area (Å²) in [5.74, 6) is 1.91. The second kappa shape index (κ2) is 8.20. The Morgan fingerprint density at radius 2 is 1.89 bits per heavy atom. The van der Waals surface area contributed by atoms with Gasteiger partial charge in [-0.1, -0.05) is 23.7 Å². The van der Waals surface area contributed by atoms with E-state index in [9.17, 15) is 4.79 Å². The minimum Gasteiger partial charge on any atom is -0.497 e. The number of nitrogens with one attached hydrogen (secondary N) is 1. The van der Waals surface area contributed by atoms with Gasteiger partial charge >= 0.3 is 0 Å². The maximum absolute atomic E-state index is 12.5. The third kappa shape index (κ3) is 4.29. The first kappa shape index (κ1) is 18.8. The lowest BCUT2D eigenvalue weighted by molar-refractivity contribution is -0.132. The largest absolute Gasteiger partial charge is 0.497 e. The highest BCUT2D eigenvalue weighted by atomic mass is 35.5. The predicted molar refractivity (Wildman–Crippen MR) is 110 cm³/mol. The Kier molecular flexibility index (Phi) is 5.50. The number of piperazine rings is 1. The summed E-state index contributed by atoms with van der Waals surface area (Å²) >= 11 is 5.91. The van der Waals surface area contributed by atoms with Crippen molar-refractivity contribution < 1.29 is 9.53 Å². The van der Waals surface area contributed by atoms with Crippen molar-refractivity contribution in [1.82, 2.24) is 19.8 Å². The normalized spacial score (nSPS) is 15.1. The van der Waals surface area contributed by atoms with Gasteiger partial charge in [0, 0.05) is 37.3 Å². The van der Waals surface area contributed by atoms with E-state index in [1.807, 2.05) is 47.4 Å². The number of hydrogen-bond acceptors (Lipinski definition) is 4. The van der Waals surface area contributed by atoms with Crippen LogP contribution in [0.4, 0.5) is 0 Å². The minimum atomic E-state index is 0.165. The fourth-order valence-corrected chi connectivity index (χ4v) is 3.63. The van der Waals surface area contributed by atoms with Crippen LogP contribution in [0.15, 0.2) is 42.5 Å². The molecule has 0 aliphatic carbocycles. The van der Waals surface area contributed by atoms with Crippen LogP contribution in [0.5, 0.6) is 5.75 Å². The average Bonchev–Trinajstić information content (AvgIpc) is 3.11. The van der Waals surface area contributed by atoms with E-state index in [1.165, 1.54) is 0 Å². The maximum atomic E-state index is 12.5. The van der Waals surface area contributed by atoms with Gasteiger partial charge in [0.1, 0.15) is 11.6 Å². The fraction of sp³-hybridized carbons (Fsp3) is 0.333. The number of rotatable bonds is 5. The third-order valence-corrected chi connectivity index (χ3v) is 5.36. The molecule has 146 valence electrons. The van der Waals surface area contributed by atoms with E-state index in [0.29, 0.717) is 11.4 Å². The smallest absolute Gasteiger partial charge is 0.227 e. The summed E-state index contributed by atoms with van der Waals surface area (Å²) in [7, 11) is 1.66. The number of nitrogens with zero attached hydrogens (tertiary/aromatic N) is 3. The molecule has 3 aromatic rings. The van der Waals surface area contributed by atoms with Crippen molar-refractivity contribution >= 4 is 28.5 Å². The summed E-state index contributed by atoms with van der Waals surface area (Å²) in [6.45, 7) is 3.90. The number of H-pyrrole nitrogens is 1. The van der Waals surface area contributed by atoms with Crippen LogP contribution < -0.4 is 4.74 Å². The van der Waals surface area contributed by atoms with Gasteiger partial charge in [-0.15, -0.1) is 0 Å². The Morgan fingerprint density at radius 1 is 1.14 bits per heavy atom. The van der Waals surface area contributed by atoms with Crippen molar-refractivity contribution in [2.45, 2.75) is 13.0 Å². The van der Waals surface area contributed by atoms with Gasteiger partial charge in [-0.05, 0) is 29.8 Å². The number of halogens is 1. The number of hydrogen-bond donors (Lipinski definition) is 1. The molecule has 1 fully saturated rings. The Balaban J connectivity index is 1.31. The number of carbonyl (C=O) groups excluding carboxylic acids is 1. The van der Waals surface area contributed by atoms with Crippen LogP contribution in [0.25, 0.3) is 11.0 Å². The number of benzene rings is 2. The van der Waals surface area contributed by atoms with Gasteiger partial charge < -0.3 is 14.6 Å². The molecule has 0 bridgehead atoms. The molecule has 0 unspecified atom stereocenters. The monoisotopic (exact) mass is 398 g/mol. The van der Waals surface area contributed by atoms with E-state index in [2.05, 4.69) is 14.9 Å². The van der Waals surface area contributed by atoms with Crippen molar-refractivity contribution in [2.75, 3.05) is 33.3 Å². The number of aromatic amines is 1. The van der Waals surface area contributed by atoms with Gasteiger partial charge in [-0.3, -0.25) is 9.69 Å². The van der Waals surface area contributed by atoms with E-state index in [4.69, 9.17) is 16.3 Å². The van der Waals surface area contributed by atoms with Crippen molar-refractivity contribution in [3.8, 4) is 5.75 Å². The van der Waals surface area contributed by atoms with Crippen molar-refractivity contribution in [1.29, 1.82) is 0 Å². The molecule has 0 radical (unpaired) electrons. The van der Waals surface area contributed by atoms with E-state index in [1.54, 1.807) is 7.11 Å². The summed E-state index contributed by atoms with van der Waals surface area (Å²) in [6, 6.07) is 13.3. The Morgan fingerprint density at radius 3 is 2.61 bits per heavy atom. The van der Waals surface area contributed by atoms with Gasteiger partial charge in [0.05, 0.1) is 31.1 Å². The van der Waals surface area contributed by atoms with Gasteiger partial charge in [0.15, 0.2) is 0 Å². The van der Waals surface area contributed by atoms with Crippen LogP contribution in [0.1, 0.15) is 11.4 Å². The van der Waals surface area contributed by atoms with Crippen molar-refractivity contribution in [2.24, 2.45) is 0 Å². The molecule has 4 rings (SSSR count). The van der Waals surface area contributed by atoms with Gasteiger partial charge in [-0.2, -0.15) is 0 Å². The molecule has 0 atom stereocenters. The second-order valence-electron chi connectivity index (χ2n) is 7.03. The third-order valence-electron chi connectivity index (χ3n) is 5.11. The zero-order chi connectivity index (χ0) is 19.5. The fourth-order valence-electron chi connectivity index (χ4n) is 3.50. The Bertz CT molecular complexity index is 962. The van der Waals surface area contributed by atoms with Crippen LogP contribution in [0.2, 0.25) is 5.02 Å². The highest BCUT2D eigenvalue weighted by Gasteiger charge is 2.22. The average molecular weight is 399 g/mol.